The molecule has 2 rings (SSSR count). The van der Waals surface area contributed by atoms with Crippen LogP contribution in [0.15, 0.2) is 24.3 Å². The number of hydrogen-bond acceptors (Lipinski definition) is 5. The summed E-state index contributed by atoms with van der Waals surface area (Å²) in [4.78, 5) is 12.5. The molecule has 0 aromatic heterocycles. The molecule has 1 aliphatic heterocycles. The summed E-state index contributed by atoms with van der Waals surface area (Å²) in [5, 5.41) is 0. The Morgan fingerprint density at radius 1 is 1.21 bits per heavy atom. The standard InChI is InChI=1S/C18H28BNO4/c1-16(2,3)22-15(21)13-9-7-8-10-14(13)19-23-17(4,5)18(6,24-19)11-12-20/h7-10H,11-12,20H2,1-6H3. The van der Waals surface area contributed by atoms with Crippen LogP contribution in [0.3, 0.4) is 0 Å². The van der Waals surface area contributed by atoms with Crippen LogP contribution in [0.5, 0.6) is 0 Å². The van der Waals surface area contributed by atoms with Gasteiger partial charge in [0.05, 0.1) is 16.8 Å². The minimum atomic E-state index is -0.625. The van der Waals surface area contributed by atoms with E-state index in [9.17, 15) is 4.79 Å². The molecule has 1 atom stereocenters. The quantitative estimate of drug-likeness (QED) is 0.676. The van der Waals surface area contributed by atoms with Crippen molar-refractivity contribution >= 4 is 18.6 Å². The van der Waals surface area contributed by atoms with Crippen molar-refractivity contribution in [1.29, 1.82) is 0 Å². The van der Waals surface area contributed by atoms with Crippen LogP contribution in [0.4, 0.5) is 0 Å². The van der Waals surface area contributed by atoms with Crippen molar-refractivity contribution in [3.63, 3.8) is 0 Å². The first kappa shape index (κ1) is 19.0. The molecule has 1 heterocycles. The van der Waals surface area contributed by atoms with E-state index in [1.807, 2.05) is 59.7 Å². The first-order chi connectivity index (χ1) is 11.0. The van der Waals surface area contributed by atoms with E-state index in [-0.39, 0.29) is 5.97 Å². The predicted octanol–water partition coefficient (Wildman–Crippen LogP) is 2.27. The Balaban J connectivity index is 2.33. The highest BCUT2D eigenvalue weighted by molar-refractivity contribution is 6.63. The van der Waals surface area contributed by atoms with Gasteiger partial charge >= 0.3 is 13.1 Å². The summed E-state index contributed by atoms with van der Waals surface area (Å²) in [5.74, 6) is -0.379. The molecule has 24 heavy (non-hydrogen) atoms. The fraction of sp³-hybridized carbons (Fsp3) is 0.611. The first-order valence-electron chi connectivity index (χ1n) is 8.37. The predicted molar refractivity (Wildman–Crippen MR) is 95.3 cm³/mol. The van der Waals surface area contributed by atoms with E-state index in [2.05, 4.69) is 0 Å². The molecule has 6 heteroatoms. The molecule has 5 nitrogen and oxygen atoms in total. The lowest BCUT2D eigenvalue weighted by Gasteiger charge is -2.36. The summed E-state index contributed by atoms with van der Waals surface area (Å²) in [6, 6.07) is 7.25. The van der Waals surface area contributed by atoms with Gasteiger partial charge in [-0.05, 0) is 66.0 Å². The van der Waals surface area contributed by atoms with Gasteiger partial charge in [-0.2, -0.15) is 0 Å². The number of rotatable bonds is 4. The van der Waals surface area contributed by atoms with Crippen molar-refractivity contribution in [2.24, 2.45) is 5.73 Å². The van der Waals surface area contributed by atoms with E-state index in [0.29, 0.717) is 24.0 Å². The van der Waals surface area contributed by atoms with Crippen molar-refractivity contribution < 1.29 is 18.8 Å². The minimum Gasteiger partial charge on any atom is -0.456 e. The Hall–Kier alpha value is -1.37. The van der Waals surface area contributed by atoms with E-state index in [4.69, 9.17) is 19.8 Å². The number of nitrogens with two attached hydrogens (primary N) is 1. The van der Waals surface area contributed by atoms with Gasteiger partial charge in [0.25, 0.3) is 0 Å². The van der Waals surface area contributed by atoms with Gasteiger partial charge in [0.1, 0.15) is 5.60 Å². The van der Waals surface area contributed by atoms with E-state index in [1.165, 1.54) is 0 Å². The topological polar surface area (TPSA) is 70.8 Å². The maximum atomic E-state index is 12.5. The molecule has 0 saturated carbocycles. The second-order valence-electron chi connectivity index (χ2n) is 7.94. The Labute approximate surface area is 145 Å². The molecular weight excluding hydrogens is 305 g/mol. The highest BCUT2D eigenvalue weighted by Crippen LogP contribution is 2.39. The van der Waals surface area contributed by atoms with Gasteiger partial charge in [-0.15, -0.1) is 0 Å². The van der Waals surface area contributed by atoms with Crippen LogP contribution in [0.2, 0.25) is 0 Å². The van der Waals surface area contributed by atoms with Gasteiger partial charge in [-0.1, -0.05) is 18.2 Å². The first-order valence-corrected chi connectivity index (χ1v) is 8.37. The summed E-state index contributed by atoms with van der Waals surface area (Å²) >= 11 is 0. The molecule has 0 bridgehead atoms. The average molecular weight is 333 g/mol. The smallest absolute Gasteiger partial charge is 0.456 e. The van der Waals surface area contributed by atoms with E-state index >= 15 is 0 Å². The summed E-state index contributed by atoms with van der Waals surface area (Å²) in [7, 11) is -0.625. The van der Waals surface area contributed by atoms with Crippen LogP contribution in [-0.2, 0) is 14.0 Å². The second kappa shape index (κ2) is 6.50. The van der Waals surface area contributed by atoms with Crippen molar-refractivity contribution in [3.8, 4) is 0 Å². The number of carbonyl (C=O) groups is 1. The van der Waals surface area contributed by atoms with Gasteiger partial charge in [0.15, 0.2) is 0 Å². The normalized spacial score (nSPS) is 23.4. The molecular formula is C18H28BNO4. The second-order valence-corrected chi connectivity index (χ2v) is 7.94. The van der Waals surface area contributed by atoms with Gasteiger partial charge < -0.3 is 19.8 Å². The Bertz CT molecular complexity index is 611. The van der Waals surface area contributed by atoms with Crippen molar-refractivity contribution in [2.75, 3.05) is 6.54 Å². The zero-order chi connectivity index (χ0) is 18.2. The molecule has 0 amide bonds. The van der Waals surface area contributed by atoms with Crippen LogP contribution in [0.1, 0.15) is 58.3 Å². The number of carbonyl (C=O) groups excluding carboxylic acids is 1. The van der Waals surface area contributed by atoms with E-state index in [1.54, 1.807) is 6.07 Å². The van der Waals surface area contributed by atoms with E-state index in [0.717, 1.165) is 0 Å². The van der Waals surface area contributed by atoms with Gasteiger partial charge in [0, 0.05) is 0 Å². The molecule has 0 spiro atoms. The molecule has 1 fully saturated rings. The lowest BCUT2D eigenvalue weighted by molar-refractivity contribution is -0.0136. The van der Waals surface area contributed by atoms with Gasteiger partial charge in [0.2, 0.25) is 0 Å². The van der Waals surface area contributed by atoms with Gasteiger partial charge in [-0.3, -0.25) is 0 Å². The molecule has 0 aliphatic carbocycles. The maximum Gasteiger partial charge on any atom is 0.495 e. The minimum absolute atomic E-state index is 0.379. The molecule has 1 saturated heterocycles. The van der Waals surface area contributed by atoms with Gasteiger partial charge in [-0.25, -0.2) is 4.79 Å². The monoisotopic (exact) mass is 333 g/mol. The summed E-state index contributed by atoms with van der Waals surface area (Å²) in [6.07, 6.45) is 0.672. The molecule has 1 unspecified atom stereocenters. The zero-order valence-corrected chi connectivity index (χ0v) is 15.5. The third kappa shape index (κ3) is 3.82. The number of benzene rings is 1. The van der Waals surface area contributed by atoms with E-state index < -0.39 is 23.9 Å². The molecule has 1 aromatic rings. The number of hydrogen-bond donors (Lipinski definition) is 1. The molecule has 2 N–H and O–H groups in total. The number of esters is 1. The Morgan fingerprint density at radius 2 is 1.83 bits per heavy atom. The fourth-order valence-corrected chi connectivity index (χ4v) is 2.78. The summed E-state index contributed by atoms with van der Waals surface area (Å²) in [6.45, 7) is 12.0. The molecule has 1 aliphatic rings. The average Bonchev–Trinajstić information content (AvgIpc) is 2.67. The highest BCUT2D eigenvalue weighted by Gasteiger charge is 2.54. The summed E-state index contributed by atoms with van der Waals surface area (Å²) in [5.41, 5.74) is 5.28. The fourth-order valence-electron chi connectivity index (χ4n) is 2.78. The highest BCUT2D eigenvalue weighted by atomic mass is 16.7. The molecule has 132 valence electrons. The van der Waals surface area contributed by atoms with Crippen LogP contribution >= 0.6 is 0 Å². The SMILES string of the molecule is CC(C)(C)OC(=O)c1ccccc1B1OC(C)(C)C(C)(CCN)O1. The van der Waals surface area contributed by atoms with Crippen LogP contribution < -0.4 is 11.2 Å². The molecule has 1 aromatic carbocycles. The largest absolute Gasteiger partial charge is 0.495 e. The number of ether oxygens (including phenoxy) is 1. The molecule has 0 radical (unpaired) electrons. The third-order valence-electron chi connectivity index (χ3n) is 4.50. The summed E-state index contributed by atoms with van der Waals surface area (Å²) < 4.78 is 17.8. The van der Waals surface area contributed by atoms with Crippen molar-refractivity contribution in [1.82, 2.24) is 0 Å². The lowest BCUT2D eigenvalue weighted by Crippen LogP contribution is -2.46. The Kier molecular flexibility index (Phi) is 5.14. The maximum absolute atomic E-state index is 12.5. The lowest BCUT2D eigenvalue weighted by atomic mass is 9.76. The van der Waals surface area contributed by atoms with Crippen LogP contribution in [0, 0.1) is 0 Å². The van der Waals surface area contributed by atoms with Crippen LogP contribution in [-0.4, -0.2) is 36.4 Å². The Morgan fingerprint density at radius 3 is 2.42 bits per heavy atom. The van der Waals surface area contributed by atoms with Crippen LogP contribution in [0.25, 0.3) is 0 Å². The third-order valence-corrected chi connectivity index (χ3v) is 4.50. The van der Waals surface area contributed by atoms with Crippen molar-refractivity contribution in [3.05, 3.63) is 29.8 Å². The van der Waals surface area contributed by atoms with Crippen molar-refractivity contribution in [2.45, 2.75) is 64.8 Å². The zero-order valence-electron chi connectivity index (χ0n) is 15.5.